The molecule has 0 radical (unpaired) electrons. The zero-order valence-electron chi connectivity index (χ0n) is 10.8. The van der Waals surface area contributed by atoms with Crippen molar-refractivity contribution < 1.29 is 0 Å². The minimum atomic E-state index is 0.640. The molecule has 0 aliphatic carbocycles. The van der Waals surface area contributed by atoms with Gasteiger partial charge in [0.15, 0.2) is 0 Å². The Kier molecular flexibility index (Phi) is 3.62. The Morgan fingerprint density at radius 1 is 1.25 bits per heavy atom. The molecule has 0 aliphatic heterocycles. The average molecular weight is 288 g/mol. The number of nitrogens with zero attached hydrogens (tertiary/aromatic N) is 4. The van der Waals surface area contributed by atoms with Crippen molar-refractivity contribution >= 4 is 22.5 Å². The van der Waals surface area contributed by atoms with Crippen molar-refractivity contribution in [2.45, 2.75) is 13.0 Å². The van der Waals surface area contributed by atoms with Crippen molar-refractivity contribution in [3.05, 3.63) is 41.7 Å². The van der Waals surface area contributed by atoms with Crippen molar-refractivity contribution in [2.75, 3.05) is 6.54 Å². The van der Waals surface area contributed by atoms with Crippen LogP contribution < -0.4 is 5.73 Å². The fourth-order valence-corrected chi connectivity index (χ4v) is 2.34. The fourth-order valence-electron chi connectivity index (χ4n) is 2.13. The summed E-state index contributed by atoms with van der Waals surface area (Å²) in [6.45, 7) is 1.41. The number of aromatic nitrogens is 4. The number of nitrogens with two attached hydrogens (primary N) is 1. The minimum absolute atomic E-state index is 0.640. The second kappa shape index (κ2) is 5.56. The lowest BCUT2D eigenvalue weighted by molar-refractivity contribution is 0.564. The van der Waals surface area contributed by atoms with Crippen molar-refractivity contribution in [3.63, 3.8) is 0 Å². The van der Waals surface area contributed by atoms with Crippen molar-refractivity contribution in [3.8, 4) is 11.3 Å². The number of fused-ring (bicyclic) bond motifs is 1. The van der Waals surface area contributed by atoms with E-state index >= 15 is 0 Å². The molecule has 6 heteroatoms. The zero-order chi connectivity index (χ0) is 13.9. The Hall–Kier alpha value is -1.98. The largest absolute Gasteiger partial charge is 0.330 e. The molecule has 2 aromatic heterocycles. The van der Waals surface area contributed by atoms with E-state index in [1.165, 1.54) is 0 Å². The predicted molar refractivity (Wildman–Crippen MR) is 79.4 cm³/mol. The van der Waals surface area contributed by atoms with E-state index in [0.717, 1.165) is 35.1 Å². The highest BCUT2D eigenvalue weighted by molar-refractivity contribution is 6.35. The first-order valence-electron chi connectivity index (χ1n) is 6.43. The quantitative estimate of drug-likeness (QED) is 0.800. The third-order valence-corrected chi connectivity index (χ3v) is 3.45. The average Bonchev–Trinajstić information content (AvgIpc) is 2.94. The molecule has 0 atom stereocenters. The highest BCUT2D eigenvalue weighted by atomic mass is 35.5. The summed E-state index contributed by atoms with van der Waals surface area (Å²) in [5.74, 6) is 0. The van der Waals surface area contributed by atoms with Crippen molar-refractivity contribution in [2.24, 2.45) is 5.73 Å². The molecule has 2 heterocycles. The maximum absolute atomic E-state index is 6.20. The minimum Gasteiger partial charge on any atom is -0.330 e. The van der Waals surface area contributed by atoms with E-state index in [1.54, 1.807) is 10.9 Å². The molecule has 5 nitrogen and oxygen atoms in total. The molecule has 3 aromatic rings. The fraction of sp³-hybridized carbons (Fsp3) is 0.214. The van der Waals surface area contributed by atoms with Crippen LogP contribution in [0.1, 0.15) is 6.42 Å². The molecule has 0 amide bonds. The van der Waals surface area contributed by atoms with E-state index in [1.807, 2.05) is 30.5 Å². The SMILES string of the molecule is NCCCn1cc(-c2ccc(Cl)c3cccnc23)nn1. The van der Waals surface area contributed by atoms with Crippen LogP contribution in [0.25, 0.3) is 22.2 Å². The van der Waals surface area contributed by atoms with Gasteiger partial charge in [-0.25, -0.2) is 0 Å². The molecule has 0 aliphatic rings. The monoisotopic (exact) mass is 287 g/mol. The first-order valence-corrected chi connectivity index (χ1v) is 6.81. The number of hydrogen-bond acceptors (Lipinski definition) is 4. The van der Waals surface area contributed by atoms with Crippen LogP contribution >= 0.6 is 11.6 Å². The normalized spacial score (nSPS) is 11.1. The van der Waals surface area contributed by atoms with Crippen LogP contribution in [0.5, 0.6) is 0 Å². The highest BCUT2D eigenvalue weighted by Crippen LogP contribution is 2.30. The molecule has 0 fully saturated rings. The van der Waals surface area contributed by atoms with Gasteiger partial charge in [0, 0.05) is 23.7 Å². The van der Waals surface area contributed by atoms with Gasteiger partial charge in [-0.1, -0.05) is 16.8 Å². The van der Waals surface area contributed by atoms with Crippen LogP contribution in [0.2, 0.25) is 5.02 Å². The van der Waals surface area contributed by atoms with Crippen LogP contribution in [0.3, 0.4) is 0 Å². The van der Waals surface area contributed by atoms with E-state index in [-0.39, 0.29) is 0 Å². The third-order valence-electron chi connectivity index (χ3n) is 3.12. The van der Waals surface area contributed by atoms with Gasteiger partial charge in [-0.3, -0.25) is 9.67 Å². The molecule has 0 saturated carbocycles. The molecule has 0 unspecified atom stereocenters. The lowest BCUT2D eigenvalue weighted by atomic mass is 10.1. The molecule has 0 spiro atoms. The van der Waals surface area contributed by atoms with Gasteiger partial charge in [-0.2, -0.15) is 0 Å². The number of halogens is 1. The Labute approximate surface area is 121 Å². The lowest BCUT2D eigenvalue weighted by Gasteiger charge is -2.04. The molecule has 1 aromatic carbocycles. The van der Waals surface area contributed by atoms with Crippen molar-refractivity contribution in [1.82, 2.24) is 20.0 Å². The summed E-state index contributed by atoms with van der Waals surface area (Å²) in [7, 11) is 0. The molecule has 0 bridgehead atoms. The van der Waals surface area contributed by atoms with Crippen LogP contribution in [-0.2, 0) is 6.54 Å². The van der Waals surface area contributed by atoms with E-state index < -0.39 is 0 Å². The van der Waals surface area contributed by atoms with E-state index in [4.69, 9.17) is 17.3 Å². The molecule has 20 heavy (non-hydrogen) atoms. The summed E-state index contributed by atoms with van der Waals surface area (Å²) >= 11 is 6.20. The molecule has 102 valence electrons. The molecule has 3 rings (SSSR count). The van der Waals surface area contributed by atoms with Gasteiger partial charge in [0.2, 0.25) is 0 Å². The first kappa shape index (κ1) is 13.0. The molecular weight excluding hydrogens is 274 g/mol. The van der Waals surface area contributed by atoms with Crippen LogP contribution in [0.4, 0.5) is 0 Å². The Balaban J connectivity index is 2.06. The summed E-state index contributed by atoms with van der Waals surface area (Å²) in [6, 6.07) is 7.61. The van der Waals surface area contributed by atoms with Crippen LogP contribution in [0, 0.1) is 0 Å². The zero-order valence-corrected chi connectivity index (χ0v) is 11.6. The van der Waals surface area contributed by atoms with Crippen molar-refractivity contribution in [1.29, 1.82) is 0 Å². The topological polar surface area (TPSA) is 69.6 Å². The summed E-state index contributed by atoms with van der Waals surface area (Å²) in [5.41, 5.74) is 8.07. The smallest absolute Gasteiger partial charge is 0.115 e. The third kappa shape index (κ3) is 2.37. The van der Waals surface area contributed by atoms with Gasteiger partial charge >= 0.3 is 0 Å². The Morgan fingerprint density at radius 2 is 2.15 bits per heavy atom. The first-order chi connectivity index (χ1) is 9.79. The summed E-state index contributed by atoms with van der Waals surface area (Å²) < 4.78 is 1.80. The molecule has 2 N–H and O–H groups in total. The number of benzene rings is 1. The maximum atomic E-state index is 6.20. The molecular formula is C14H14ClN5. The van der Waals surface area contributed by atoms with Gasteiger partial charge in [-0.15, -0.1) is 5.10 Å². The van der Waals surface area contributed by atoms with Gasteiger partial charge < -0.3 is 5.73 Å². The number of aryl methyl sites for hydroxylation is 1. The van der Waals surface area contributed by atoms with Gasteiger partial charge in [0.25, 0.3) is 0 Å². The number of hydrogen-bond donors (Lipinski definition) is 1. The standard InChI is InChI=1S/C14H14ClN5/c15-12-5-4-11(14-10(12)3-1-7-17-14)13-9-20(19-18-13)8-2-6-16/h1,3-5,7,9H,2,6,8,16H2. The second-order valence-corrected chi connectivity index (χ2v) is 4.91. The highest BCUT2D eigenvalue weighted by Gasteiger charge is 2.10. The van der Waals surface area contributed by atoms with Gasteiger partial charge in [0.1, 0.15) is 5.69 Å². The Bertz CT molecular complexity index is 737. The summed E-state index contributed by atoms with van der Waals surface area (Å²) in [4.78, 5) is 4.41. The van der Waals surface area contributed by atoms with Gasteiger partial charge in [-0.05, 0) is 37.2 Å². The number of rotatable bonds is 4. The number of pyridine rings is 1. The summed E-state index contributed by atoms with van der Waals surface area (Å²) in [6.07, 6.45) is 4.54. The maximum Gasteiger partial charge on any atom is 0.115 e. The van der Waals surface area contributed by atoms with Gasteiger partial charge in [0.05, 0.1) is 16.7 Å². The van der Waals surface area contributed by atoms with E-state index in [0.29, 0.717) is 11.6 Å². The lowest BCUT2D eigenvalue weighted by Crippen LogP contribution is -2.06. The van der Waals surface area contributed by atoms with E-state index in [9.17, 15) is 0 Å². The predicted octanol–water partition coefficient (Wildman–Crippen LogP) is 2.50. The Morgan fingerprint density at radius 3 is 3.00 bits per heavy atom. The molecule has 0 saturated heterocycles. The van der Waals surface area contributed by atoms with Crippen LogP contribution in [0.15, 0.2) is 36.7 Å². The second-order valence-electron chi connectivity index (χ2n) is 4.50. The van der Waals surface area contributed by atoms with Crippen LogP contribution in [-0.4, -0.2) is 26.5 Å². The van der Waals surface area contributed by atoms with E-state index in [2.05, 4.69) is 15.3 Å². The summed E-state index contributed by atoms with van der Waals surface area (Å²) in [5, 5.41) is 9.92.